The van der Waals surface area contributed by atoms with Gasteiger partial charge in [-0.1, -0.05) is 17.7 Å². The van der Waals surface area contributed by atoms with Gasteiger partial charge in [0.15, 0.2) is 5.69 Å². The molecule has 1 N–H and O–H groups in total. The molecule has 144 valence electrons. The first-order chi connectivity index (χ1) is 13.2. The van der Waals surface area contributed by atoms with Crippen molar-refractivity contribution in [3.05, 3.63) is 81.1 Å². The fourth-order valence-corrected chi connectivity index (χ4v) is 2.59. The zero-order valence-corrected chi connectivity index (χ0v) is 14.5. The van der Waals surface area contributed by atoms with Crippen molar-refractivity contribution in [3.8, 4) is 5.69 Å². The topological polar surface area (TPSA) is 90.1 Å². The van der Waals surface area contributed by atoms with Crippen LogP contribution in [0.4, 0.5) is 24.5 Å². The van der Waals surface area contributed by atoms with Crippen LogP contribution in [0.5, 0.6) is 0 Å². The molecule has 0 atom stereocenters. The van der Waals surface area contributed by atoms with Crippen LogP contribution in [-0.2, 0) is 6.18 Å². The van der Waals surface area contributed by atoms with Crippen LogP contribution in [0.15, 0.2) is 54.7 Å². The van der Waals surface area contributed by atoms with Gasteiger partial charge in [0.05, 0.1) is 22.4 Å². The summed E-state index contributed by atoms with van der Waals surface area (Å²) < 4.78 is 41.4. The molecule has 0 fully saturated rings. The summed E-state index contributed by atoms with van der Waals surface area (Å²) >= 11 is 5.75. The number of nitrogens with zero attached hydrogens (tertiary/aromatic N) is 3. The van der Waals surface area contributed by atoms with Gasteiger partial charge in [0, 0.05) is 22.8 Å². The standard InChI is InChI=1S/C17H10ClF3N4O3/c18-10-4-6-12(7-5-10)24-15(17(19,20)21)14(9-22-24)16(26)23-11-2-1-3-13(8-11)25(27)28/h1-9H,(H,23,26). The fourth-order valence-electron chi connectivity index (χ4n) is 2.46. The second-order valence-corrected chi connectivity index (χ2v) is 5.99. The van der Waals surface area contributed by atoms with Crippen molar-refractivity contribution in [2.75, 3.05) is 5.32 Å². The van der Waals surface area contributed by atoms with Crippen LogP contribution in [-0.4, -0.2) is 20.6 Å². The number of hydrogen-bond acceptors (Lipinski definition) is 4. The molecule has 0 radical (unpaired) electrons. The van der Waals surface area contributed by atoms with Gasteiger partial charge < -0.3 is 5.32 Å². The molecule has 0 unspecified atom stereocenters. The Balaban J connectivity index is 2.00. The Morgan fingerprint density at radius 3 is 2.46 bits per heavy atom. The lowest BCUT2D eigenvalue weighted by atomic mass is 10.2. The average molecular weight is 411 g/mol. The lowest BCUT2D eigenvalue weighted by Gasteiger charge is -2.13. The highest BCUT2D eigenvalue weighted by molar-refractivity contribution is 6.30. The fraction of sp³-hybridized carbons (Fsp3) is 0.0588. The van der Waals surface area contributed by atoms with Crippen LogP contribution in [0.3, 0.4) is 0 Å². The number of amides is 1. The SMILES string of the molecule is O=C(Nc1cccc([N+](=O)[O-])c1)c1cnn(-c2ccc(Cl)cc2)c1C(F)(F)F. The molecule has 1 heterocycles. The van der Waals surface area contributed by atoms with Crippen molar-refractivity contribution in [1.82, 2.24) is 9.78 Å². The molecule has 28 heavy (non-hydrogen) atoms. The minimum atomic E-state index is -4.88. The Morgan fingerprint density at radius 1 is 1.18 bits per heavy atom. The first kappa shape index (κ1) is 19.4. The third-order valence-electron chi connectivity index (χ3n) is 3.67. The molecule has 1 amide bonds. The largest absolute Gasteiger partial charge is 0.434 e. The van der Waals surface area contributed by atoms with Gasteiger partial charge in [0.25, 0.3) is 11.6 Å². The summed E-state index contributed by atoms with van der Waals surface area (Å²) in [5, 5.41) is 17.0. The maximum Gasteiger partial charge on any atom is 0.434 e. The molecule has 7 nitrogen and oxygen atoms in total. The van der Waals surface area contributed by atoms with Gasteiger partial charge in [-0.3, -0.25) is 14.9 Å². The molecular weight excluding hydrogens is 401 g/mol. The van der Waals surface area contributed by atoms with Gasteiger partial charge in [0.1, 0.15) is 0 Å². The number of benzene rings is 2. The number of alkyl halides is 3. The molecule has 0 spiro atoms. The zero-order valence-electron chi connectivity index (χ0n) is 13.8. The lowest BCUT2D eigenvalue weighted by Crippen LogP contribution is -2.20. The second kappa shape index (κ2) is 7.31. The molecule has 0 aliphatic carbocycles. The van der Waals surface area contributed by atoms with Crippen LogP contribution in [0, 0.1) is 10.1 Å². The van der Waals surface area contributed by atoms with E-state index in [0.29, 0.717) is 9.70 Å². The maximum atomic E-state index is 13.6. The molecule has 0 saturated heterocycles. The summed E-state index contributed by atoms with van der Waals surface area (Å²) in [6, 6.07) is 10.3. The molecule has 0 aliphatic rings. The monoisotopic (exact) mass is 410 g/mol. The van der Waals surface area contributed by atoms with Crippen LogP contribution >= 0.6 is 11.6 Å². The third-order valence-corrected chi connectivity index (χ3v) is 3.92. The number of aromatic nitrogens is 2. The second-order valence-electron chi connectivity index (χ2n) is 5.55. The normalized spacial score (nSPS) is 11.3. The highest BCUT2D eigenvalue weighted by Gasteiger charge is 2.40. The van der Waals surface area contributed by atoms with Gasteiger partial charge in [-0.15, -0.1) is 0 Å². The summed E-state index contributed by atoms with van der Waals surface area (Å²) in [4.78, 5) is 22.5. The van der Waals surface area contributed by atoms with Gasteiger partial charge in [0.2, 0.25) is 0 Å². The van der Waals surface area contributed by atoms with E-state index in [-0.39, 0.29) is 17.1 Å². The van der Waals surface area contributed by atoms with Gasteiger partial charge in [-0.25, -0.2) is 4.68 Å². The number of anilines is 1. The summed E-state index contributed by atoms with van der Waals surface area (Å²) in [5.41, 5.74) is -2.28. The number of carbonyl (C=O) groups excluding carboxylic acids is 1. The quantitative estimate of drug-likeness (QED) is 0.498. The molecule has 2 aromatic carbocycles. The van der Waals surface area contributed by atoms with E-state index in [9.17, 15) is 28.1 Å². The highest BCUT2D eigenvalue weighted by Crippen LogP contribution is 2.34. The Labute approximate surface area is 160 Å². The molecule has 0 aliphatic heterocycles. The number of non-ortho nitro benzene ring substituents is 1. The van der Waals surface area contributed by atoms with Crippen LogP contribution < -0.4 is 5.32 Å². The maximum absolute atomic E-state index is 13.6. The van der Waals surface area contributed by atoms with Gasteiger partial charge in [-0.2, -0.15) is 18.3 Å². The summed E-state index contributed by atoms with van der Waals surface area (Å²) in [6.07, 6.45) is -4.10. The third kappa shape index (κ3) is 3.96. The number of nitrogens with one attached hydrogen (secondary N) is 1. The Hall–Kier alpha value is -3.40. The predicted octanol–water partition coefficient (Wildman–Crippen LogP) is 4.71. The smallest absolute Gasteiger partial charge is 0.322 e. The van der Waals surface area contributed by atoms with E-state index >= 15 is 0 Å². The van der Waals surface area contributed by atoms with E-state index in [1.165, 1.54) is 42.5 Å². The van der Waals surface area contributed by atoms with Crippen molar-refractivity contribution in [2.45, 2.75) is 6.18 Å². The van der Waals surface area contributed by atoms with E-state index in [2.05, 4.69) is 10.4 Å². The minimum absolute atomic E-state index is 0.0217. The number of carbonyl (C=O) groups is 1. The van der Waals surface area contributed by atoms with Crippen LogP contribution in [0.1, 0.15) is 16.1 Å². The average Bonchev–Trinajstić information content (AvgIpc) is 3.08. The van der Waals surface area contributed by atoms with Gasteiger partial charge >= 0.3 is 6.18 Å². The van der Waals surface area contributed by atoms with Crippen molar-refractivity contribution in [2.24, 2.45) is 0 Å². The molecular formula is C17H10ClF3N4O3. The van der Waals surface area contributed by atoms with Crippen LogP contribution in [0.2, 0.25) is 5.02 Å². The number of rotatable bonds is 4. The van der Waals surface area contributed by atoms with E-state index in [4.69, 9.17) is 11.6 Å². The number of nitro groups is 1. The Morgan fingerprint density at radius 2 is 1.86 bits per heavy atom. The van der Waals surface area contributed by atoms with E-state index in [0.717, 1.165) is 12.3 Å². The van der Waals surface area contributed by atoms with Crippen molar-refractivity contribution in [3.63, 3.8) is 0 Å². The minimum Gasteiger partial charge on any atom is -0.322 e. The van der Waals surface area contributed by atoms with E-state index in [1.807, 2.05) is 0 Å². The van der Waals surface area contributed by atoms with Gasteiger partial charge in [-0.05, 0) is 30.3 Å². The lowest BCUT2D eigenvalue weighted by molar-refractivity contribution is -0.384. The number of hydrogen-bond donors (Lipinski definition) is 1. The molecule has 1 aromatic heterocycles. The molecule has 0 bridgehead atoms. The number of nitro benzene ring substituents is 1. The molecule has 0 saturated carbocycles. The highest BCUT2D eigenvalue weighted by atomic mass is 35.5. The first-order valence-electron chi connectivity index (χ1n) is 7.64. The summed E-state index contributed by atoms with van der Waals surface area (Å²) in [6.45, 7) is 0. The summed E-state index contributed by atoms with van der Waals surface area (Å²) in [7, 11) is 0. The van der Waals surface area contributed by atoms with Crippen molar-refractivity contribution >= 4 is 28.9 Å². The Kier molecular flexibility index (Phi) is 5.06. The van der Waals surface area contributed by atoms with E-state index in [1.54, 1.807) is 0 Å². The first-order valence-corrected chi connectivity index (χ1v) is 8.01. The molecule has 3 rings (SSSR count). The Bertz CT molecular complexity index is 1050. The predicted molar refractivity (Wildman–Crippen MR) is 94.6 cm³/mol. The molecule has 3 aromatic rings. The van der Waals surface area contributed by atoms with Crippen molar-refractivity contribution < 1.29 is 22.9 Å². The number of halogens is 4. The van der Waals surface area contributed by atoms with E-state index < -0.39 is 28.3 Å². The molecule has 11 heteroatoms. The van der Waals surface area contributed by atoms with Crippen molar-refractivity contribution in [1.29, 1.82) is 0 Å². The van der Waals surface area contributed by atoms with Crippen LogP contribution in [0.25, 0.3) is 5.69 Å². The zero-order chi connectivity index (χ0) is 20.5. The summed E-state index contributed by atoms with van der Waals surface area (Å²) in [5.74, 6) is -1.10.